The summed E-state index contributed by atoms with van der Waals surface area (Å²) < 4.78 is 0. The predicted octanol–water partition coefficient (Wildman–Crippen LogP) is 2.24. The number of likely N-dealkylation sites (tertiary alicyclic amines) is 1. The second-order valence-electron chi connectivity index (χ2n) is 7.03. The molecule has 0 spiro atoms. The molecule has 2 saturated carbocycles. The van der Waals surface area contributed by atoms with Gasteiger partial charge in [0.1, 0.15) is 5.54 Å². The fraction of sp³-hybridized carbons (Fsp3) is 0.938. The van der Waals surface area contributed by atoms with Crippen LogP contribution in [0.5, 0.6) is 0 Å². The van der Waals surface area contributed by atoms with Gasteiger partial charge in [-0.3, -0.25) is 9.69 Å². The van der Waals surface area contributed by atoms with Gasteiger partial charge in [0.05, 0.1) is 0 Å². The van der Waals surface area contributed by atoms with Gasteiger partial charge in [0.2, 0.25) is 0 Å². The highest BCUT2D eigenvalue weighted by Gasteiger charge is 2.46. The van der Waals surface area contributed by atoms with Gasteiger partial charge in [-0.15, -0.1) is 0 Å². The number of carboxylic acid groups (broad SMARTS) is 1. The Morgan fingerprint density at radius 1 is 1.20 bits per heavy atom. The molecule has 114 valence electrons. The molecule has 0 radical (unpaired) electrons. The molecule has 0 amide bonds. The van der Waals surface area contributed by atoms with Gasteiger partial charge in [-0.05, 0) is 64.5 Å². The minimum absolute atomic E-state index is 0.473. The van der Waals surface area contributed by atoms with Crippen molar-refractivity contribution in [1.29, 1.82) is 0 Å². The van der Waals surface area contributed by atoms with Crippen molar-refractivity contribution in [3.8, 4) is 0 Å². The van der Waals surface area contributed by atoms with Crippen LogP contribution in [-0.2, 0) is 4.79 Å². The van der Waals surface area contributed by atoms with Gasteiger partial charge in [0, 0.05) is 12.1 Å². The number of likely N-dealkylation sites (N-methyl/N-ethyl adjacent to an activating group) is 1. The third-order valence-corrected chi connectivity index (χ3v) is 6.13. The Labute approximate surface area is 121 Å². The maximum absolute atomic E-state index is 11.7. The van der Waals surface area contributed by atoms with Crippen LogP contribution in [0.2, 0.25) is 0 Å². The maximum Gasteiger partial charge on any atom is 0.323 e. The summed E-state index contributed by atoms with van der Waals surface area (Å²) in [6.45, 7) is 1.19. The third kappa shape index (κ3) is 2.37. The second-order valence-corrected chi connectivity index (χ2v) is 7.03. The van der Waals surface area contributed by atoms with Crippen LogP contribution in [0.1, 0.15) is 57.8 Å². The standard InChI is InChI=1S/C16H28N2O2/c1-17-16(15(19)20)9-4-6-13(11-16)18-10-8-12-5-2-3-7-14(12)18/h12-14,17H,2-11H2,1H3,(H,19,20). The molecule has 1 saturated heterocycles. The van der Waals surface area contributed by atoms with Crippen molar-refractivity contribution in [2.75, 3.05) is 13.6 Å². The molecular weight excluding hydrogens is 252 g/mol. The van der Waals surface area contributed by atoms with E-state index in [9.17, 15) is 9.90 Å². The first kappa shape index (κ1) is 14.3. The average Bonchev–Trinajstić information content (AvgIpc) is 2.91. The van der Waals surface area contributed by atoms with Crippen molar-refractivity contribution < 1.29 is 9.90 Å². The summed E-state index contributed by atoms with van der Waals surface area (Å²) in [4.78, 5) is 14.3. The molecule has 4 heteroatoms. The Bertz CT molecular complexity index is 373. The van der Waals surface area contributed by atoms with Crippen LogP contribution in [0.15, 0.2) is 0 Å². The van der Waals surface area contributed by atoms with E-state index in [2.05, 4.69) is 10.2 Å². The molecule has 4 unspecified atom stereocenters. The van der Waals surface area contributed by atoms with Gasteiger partial charge in [0.15, 0.2) is 0 Å². The summed E-state index contributed by atoms with van der Waals surface area (Å²) in [6.07, 6.45) is 10.6. The first-order chi connectivity index (χ1) is 9.66. The first-order valence-corrected chi connectivity index (χ1v) is 8.34. The van der Waals surface area contributed by atoms with Crippen LogP contribution in [0.25, 0.3) is 0 Å². The minimum Gasteiger partial charge on any atom is -0.480 e. The topological polar surface area (TPSA) is 52.6 Å². The lowest BCUT2D eigenvalue weighted by Gasteiger charge is -2.44. The van der Waals surface area contributed by atoms with Gasteiger partial charge in [0.25, 0.3) is 0 Å². The van der Waals surface area contributed by atoms with Crippen LogP contribution in [-0.4, -0.2) is 47.2 Å². The Morgan fingerprint density at radius 2 is 2.00 bits per heavy atom. The number of carboxylic acids is 1. The second kappa shape index (κ2) is 5.64. The number of hydrogen-bond acceptors (Lipinski definition) is 3. The van der Waals surface area contributed by atoms with Gasteiger partial charge < -0.3 is 10.4 Å². The Morgan fingerprint density at radius 3 is 2.75 bits per heavy atom. The molecule has 3 fully saturated rings. The van der Waals surface area contributed by atoms with E-state index in [1.807, 2.05) is 7.05 Å². The molecule has 2 N–H and O–H groups in total. The van der Waals surface area contributed by atoms with Crippen LogP contribution in [0.4, 0.5) is 0 Å². The number of fused-ring (bicyclic) bond motifs is 1. The van der Waals surface area contributed by atoms with E-state index >= 15 is 0 Å². The third-order valence-electron chi connectivity index (χ3n) is 6.13. The van der Waals surface area contributed by atoms with Crippen LogP contribution in [0, 0.1) is 5.92 Å². The summed E-state index contributed by atoms with van der Waals surface area (Å²) >= 11 is 0. The summed E-state index contributed by atoms with van der Waals surface area (Å²) in [5.41, 5.74) is -0.685. The number of rotatable bonds is 3. The van der Waals surface area contributed by atoms with Gasteiger partial charge in [-0.1, -0.05) is 12.8 Å². The highest BCUT2D eigenvalue weighted by atomic mass is 16.4. The minimum atomic E-state index is -0.685. The molecule has 0 aromatic heterocycles. The molecule has 1 heterocycles. The maximum atomic E-state index is 11.7. The molecule has 3 rings (SSSR count). The van der Waals surface area contributed by atoms with Crippen molar-refractivity contribution in [3.05, 3.63) is 0 Å². The number of aliphatic carboxylic acids is 1. The lowest BCUT2D eigenvalue weighted by Crippen LogP contribution is -2.58. The van der Waals surface area contributed by atoms with Crippen molar-refractivity contribution in [1.82, 2.24) is 10.2 Å². The van der Waals surface area contributed by atoms with Crippen molar-refractivity contribution in [2.45, 2.75) is 75.4 Å². The SMILES string of the molecule is CNC1(C(=O)O)CCCC(N2CCC3CCCCC32)C1. The number of nitrogens with zero attached hydrogens (tertiary/aromatic N) is 1. The van der Waals surface area contributed by atoms with E-state index < -0.39 is 11.5 Å². The summed E-state index contributed by atoms with van der Waals surface area (Å²) in [7, 11) is 1.81. The van der Waals surface area contributed by atoms with E-state index in [4.69, 9.17) is 0 Å². The van der Waals surface area contributed by atoms with Gasteiger partial charge >= 0.3 is 5.97 Å². The van der Waals surface area contributed by atoms with Gasteiger partial charge in [-0.2, -0.15) is 0 Å². The van der Waals surface area contributed by atoms with E-state index in [1.165, 1.54) is 45.1 Å². The highest BCUT2D eigenvalue weighted by molar-refractivity contribution is 5.79. The molecule has 4 atom stereocenters. The normalized spacial score (nSPS) is 42.4. The van der Waals surface area contributed by atoms with E-state index in [0.717, 1.165) is 31.2 Å². The monoisotopic (exact) mass is 280 g/mol. The van der Waals surface area contributed by atoms with Crippen LogP contribution < -0.4 is 5.32 Å². The van der Waals surface area contributed by atoms with Gasteiger partial charge in [-0.25, -0.2) is 0 Å². The summed E-state index contributed by atoms with van der Waals surface area (Å²) in [5, 5.41) is 12.7. The van der Waals surface area contributed by atoms with E-state index in [0.29, 0.717) is 6.04 Å². The summed E-state index contributed by atoms with van der Waals surface area (Å²) in [5.74, 6) is 0.226. The van der Waals surface area contributed by atoms with Crippen molar-refractivity contribution in [3.63, 3.8) is 0 Å². The number of carbonyl (C=O) groups is 1. The fourth-order valence-corrected chi connectivity index (χ4v) is 4.95. The molecule has 3 aliphatic rings. The number of nitrogens with one attached hydrogen (secondary N) is 1. The quantitative estimate of drug-likeness (QED) is 0.832. The molecule has 4 nitrogen and oxygen atoms in total. The summed E-state index contributed by atoms with van der Waals surface area (Å²) in [6, 6.07) is 1.22. The molecule has 0 bridgehead atoms. The lowest BCUT2D eigenvalue weighted by atomic mass is 9.77. The lowest BCUT2D eigenvalue weighted by molar-refractivity contribution is -0.147. The molecule has 20 heavy (non-hydrogen) atoms. The van der Waals surface area contributed by atoms with Crippen LogP contribution in [0.3, 0.4) is 0 Å². The predicted molar refractivity (Wildman–Crippen MR) is 78.8 cm³/mol. The molecule has 1 aliphatic heterocycles. The molecule has 0 aromatic carbocycles. The Kier molecular flexibility index (Phi) is 4.04. The molecular formula is C16H28N2O2. The fourth-order valence-electron chi connectivity index (χ4n) is 4.95. The Hall–Kier alpha value is -0.610. The zero-order valence-corrected chi connectivity index (χ0v) is 12.6. The largest absolute Gasteiger partial charge is 0.480 e. The average molecular weight is 280 g/mol. The highest BCUT2D eigenvalue weighted by Crippen LogP contribution is 2.41. The number of hydrogen-bond donors (Lipinski definition) is 2. The molecule has 2 aliphatic carbocycles. The van der Waals surface area contributed by atoms with Crippen LogP contribution >= 0.6 is 0 Å². The van der Waals surface area contributed by atoms with Crippen molar-refractivity contribution in [2.24, 2.45) is 5.92 Å². The zero-order valence-electron chi connectivity index (χ0n) is 12.6. The van der Waals surface area contributed by atoms with E-state index in [-0.39, 0.29) is 0 Å². The first-order valence-electron chi connectivity index (χ1n) is 8.34. The molecule has 0 aromatic rings. The van der Waals surface area contributed by atoms with Crippen molar-refractivity contribution >= 4 is 5.97 Å². The van der Waals surface area contributed by atoms with E-state index in [1.54, 1.807) is 0 Å². The smallest absolute Gasteiger partial charge is 0.323 e. The zero-order chi connectivity index (χ0) is 14.2. The Balaban J connectivity index is 1.72.